The van der Waals surface area contributed by atoms with E-state index >= 15 is 0 Å². The van der Waals surface area contributed by atoms with E-state index in [2.05, 4.69) is 21.2 Å². The number of halogens is 3. The van der Waals surface area contributed by atoms with Crippen LogP contribution in [0.5, 0.6) is 5.75 Å². The number of benzene rings is 1. The van der Waals surface area contributed by atoms with Gasteiger partial charge in [-0.25, -0.2) is 8.78 Å². The molecule has 0 saturated carbocycles. The van der Waals surface area contributed by atoms with Gasteiger partial charge in [-0.05, 0) is 47.6 Å². The zero-order valence-corrected chi connectivity index (χ0v) is 9.16. The summed E-state index contributed by atoms with van der Waals surface area (Å²) in [7, 11) is 1.74. The Morgan fingerprint density at radius 1 is 1.50 bits per heavy atom. The Balaban J connectivity index is 3.06. The molecule has 0 spiro atoms. The maximum atomic E-state index is 12.9. The Kier molecular flexibility index (Phi) is 3.83. The van der Waals surface area contributed by atoms with Crippen molar-refractivity contribution in [2.24, 2.45) is 0 Å². The van der Waals surface area contributed by atoms with Crippen LogP contribution in [0, 0.1) is 11.6 Å². The summed E-state index contributed by atoms with van der Waals surface area (Å²) in [5, 5.41) is 12.3. The van der Waals surface area contributed by atoms with Crippen LogP contribution in [-0.4, -0.2) is 18.7 Å². The van der Waals surface area contributed by atoms with E-state index in [0.717, 1.165) is 6.07 Å². The third-order valence-corrected chi connectivity index (χ3v) is 2.58. The molecular weight excluding hydrogens is 256 g/mol. The first kappa shape index (κ1) is 11.4. The van der Waals surface area contributed by atoms with Gasteiger partial charge in [0, 0.05) is 0 Å². The molecule has 1 aromatic rings. The highest BCUT2D eigenvalue weighted by Crippen LogP contribution is 2.32. The van der Waals surface area contributed by atoms with E-state index in [1.807, 2.05) is 0 Å². The number of phenolic OH excluding ortho intramolecular Hbond substituents is 1. The molecule has 14 heavy (non-hydrogen) atoms. The summed E-state index contributed by atoms with van der Waals surface area (Å²) < 4.78 is 25.6. The van der Waals surface area contributed by atoms with E-state index in [9.17, 15) is 13.9 Å². The van der Waals surface area contributed by atoms with E-state index in [-0.39, 0.29) is 10.2 Å². The number of nitrogens with one attached hydrogen (secondary N) is 1. The number of phenols is 1. The number of likely N-dealkylation sites (N-methyl/N-ethyl adjacent to an activating group) is 1. The third-order valence-electron chi connectivity index (χ3n) is 1.86. The first-order valence-corrected chi connectivity index (χ1v) is 4.87. The molecule has 0 heterocycles. The highest BCUT2D eigenvalue weighted by molar-refractivity contribution is 9.10. The summed E-state index contributed by atoms with van der Waals surface area (Å²) in [6, 6.07) is 1.01. The average molecular weight is 266 g/mol. The maximum absolute atomic E-state index is 12.9. The quantitative estimate of drug-likeness (QED) is 0.822. The van der Waals surface area contributed by atoms with Gasteiger partial charge in [-0.15, -0.1) is 0 Å². The molecule has 0 saturated heterocycles. The van der Waals surface area contributed by atoms with Crippen LogP contribution in [0.1, 0.15) is 5.56 Å². The normalized spacial score (nSPS) is 10.6. The molecule has 0 aliphatic rings. The summed E-state index contributed by atoms with van der Waals surface area (Å²) in [5.74, 6) is -2.25. The molecule has 1 aromatic carbocycles. The maximum Gasteiger partial charge on any atom is 0.176 e. The fraction of sp³-hybridized carbons (Fsp3) is 0.333. The van der Waals surface area contributed by atoms with E-state index in [4.69, 9.17) is 0 Å². The lowest BCUT2D eigenvalue weighted by Gasteiger charge is -2.07. The number of hydrogen-bond donors (Lipinski definition) is 2. The van der Waals surface area contributed by atoms with Gasteiger partial charge in [-0.1, -0.05) is 0 Å². The van der Waals surface area contributed by atoms with Gasteiger partial charge in [-0.2, -0.15) is 0 Å². The lowest BCUT2D eigenvalue weighted by Crippen LogP contribution is -2.10. The van der Waals surface area contributed by atoms with Crippen molar-refractivity contribution < 1.29 is 13.9 Å². The topological polar surface area (TPSA) is 32.3 Å². The first-order valence-electron chi connectivity index (χ1n) is 4.08. The van der Waals surface area contributed by atoms with Gasteiger partial charge in [0.15, 0.2) is 11.6 Å². The summed E-state index contributed by atoms with van der Waals surface area (Å²) in [6.45, 7) is 0.588. The smallest absolute Gasteiger partial charge is 0.176 e. The van der Waals surface area contributed by atoms with Gasteiger partial charge >= 0.3 is 0 Å². The predicted molar refractivity (Wildman–Crippen MR) is 53.4 cm³/mol. The van der Waals surface area contributed by atoms with Crippen molar-refractivity contribution in [3.63, 3.8) is 0 Å². The zero-order chi connectivity index (χ0) is 10.7. The monoisotopic (exact) mass is 265 g/mol. The molecule has 1 rings (SSSR count). The van der Waals surface area contributed by atoms with Gasteiger partial charge in [0.2, 0.25) is 0 Å². The van der Waals surface area contributed by atoms with Crippen molar-refractivity contribution in [2.75, 3.05) is 13.6 Å². The second-order valence-corrected chi connectivity index (χ2v) is 3.64. The minimum absolute atomic E-state index is 0.219. The van der Waals surface area contributed by atoms with Crippen LogP contribution in [0.25, 0.3) is 0 Å². The number of aromatic hydroxyl groups is 1. The predicted octanol–water partition coefficient (Wildman–Crippen LogP) is 2.19. The molecule has 2 N–H and O–H groups in total. The van der Waals surface area contributed by atoms with Crippen LogP contribution in [0.4, 0.5) is 8.78 Å². The van der Waals surface area contributed by atoms with Crippen molar-refractivity contribution in [3.8, 4) is 5.75 Å². The third kappa shape index (κ3) is 2.22. The number of rotatable bonds is 3. The molecule has 0 atom stereocenters. The van der Waals surface area contributed by atoms with Gasteiger partial charge in [0.25, 0.3) is 0 Å². The minimum atomic E-state index is -1.06. The lowest BCUT2D eigenvalue weighted by atomic mass is 10.1. The van der Waals surface area contributed by atoms with Crippen molar-refractivity contribution in [3.05, 3.63) is 27.7 Å². The highest BCUT2D eigenvalue weighted by atomic mass is 79.9. The Bertz CT molecular complexity index is 344. The Morgan fingerprint density at radius 2 is 2.14 bits per heavy atom. The molecule has 0 bridgehead atoms. The second-order valence-electron chi connectivity index (χ2n) is 2.85. The van der Waals surface area contributed by atoms with Crippen LogP contribution in [-0.2, 0) is 6.42 Å². The van der Waals surface area contributed by atoms with Crippen LogP contribution in [0.3, 0.4) is 0 Å². The molecular formula is C9H10BrF2NO. The van der Waals surface area contributed by atoms with Crippen molar-refractivity contribution >= 4 is 15.9 Å². The van der Waals surface area contributed by atoms with Gasteiger partial charge in [0.1, 0.15) is 5.75 Å². The van der Waals surface area contributed by atoms with Gasteiger partial charge in [0.05, 0.1) is 4.47 Å². The summed E-state index contributed by atoms with van der Waals surface area (Å²) in [4.78, 5) is 0. The van der Waals surface area contributed by atoms with E-state index in [0.29, 0.717) is 18.5 Å². The molecule has 0 amide bonds. The number of hydrogen-bond acceptors (Lipinski definition) is 2. The molecule has 0 unspecified atom stereocenters. The molecule has 0 fully saturated rings. The van der Waals surface area contributed by atoms with Crippen molar-refractivity contribution in [1.29, 1.82) is 0 Å². The molecule has 5 heteroatoms. The van der Waals surface area contributed by atoms with Crippen molar-refractivity contribution in [1.82, 2.24) is 5.32 Å². The second kappa shape index (κ2) is 4.70. The minimum Gasteiger partial charge on any atom is -0.506 e. The highest BCUT2D eigenvalue weighted by Gasteiger charge is 2.15. The van der Waals surface area contributed by atoms with E-state index < -0.39 is 11.6 Å². The van der Waals surface area contributed by atoms with E-state index in [1.54, 1.807) is 7.05 Å². The van der Waals surface area contributed by atoms with Gasteiger partial charge < -0.3 is 10.4 Å². The zero-order valence-electron chi connectivity index (χ0n) is 7.57. The standard InChI is InChI=1S/C9H10BrF2NO/c1-13-3-2-5-4-6(11)8(12)7(10)9(5)14/h4,13-14H,2-3H2,1H3. The summed E-state index contributed by atoms with van der Waals surface area (Å²) >= 11 is 2.79. The molecule has 0 radical (unpaired) electrons. The fourth-order valence-corrected chi connectivity index (χ4v) is 1.53. The van der Waals surface area contributed by atoms with Crippen LogP contribution >= 0.6 is 15.9 Å². The summed E-state index contributed by atoms with van der Waals surface area (Å²) in [5.41, 5.74) is 0.380. The van der Waals surface area contributed by atoms with Crippen LogP contribution in [0.2, 0.25) is 0 Å². The largest absolute Gasteiger partial charge is 0.506 e. The van der Waals surface area contributed by atoms with Crippen LogP contribution < -0.4 is 5.32 Å². The fourth-order valence-electron chi connectivity index (χ4n) is 1.08. The van der Waals surface area contributed by atoms with Crippen molar-refractivity contribution in [2.45, 2.75) is 6.42 Å². The lowest BCUT2D eigenvalue weighted by molar-refractivity contribution is 0.440. The average Bonchev–Trinajstić information content (AvgIpc) is 2.18. The van der Waals surface area contributed by atoms with E-state index in [1.165, 1.54) is 0 Å². The summed E-state index contributed by atoms with van der Waals surface area (Å²) in [6.07, 6.45) is 0.443. The van der Waals surface area contributed by atoms with Gasteiger partial charge in [-0.3, -0.25) is 0 Å². The molecule has 2 nitrogen and oxygen atoms in total. The first-order chi connectivity index (χ1) is 6.57. The molecule has 0 aromatic heterocycles. The molecule has 0 aliphatic carbocycles. The molecule has 78 valence electrons. The Labute approximate surface area is 89.1 Å². The SMILES string of the molecule is CNCCc1cc(F)c(F)c(Br)c1O. The van der Waals surface area contributed by atoms with Crippen LogP contribution in [0.15, 0.2) is 10.5 Å². The molecule has 0 aliphatic heterocycles. The Hall–Kier alpha value is -0.680. The Morgan fingerprint density at radius 3 is 2.71 bits per heavy atom.